The molecule has 0 saturated carbocycles. The van der Waals surface area contributed by atoms with Crippen molar-refractivity contribution in [1.29, 1.82) is 0 Å². The highest BCUT2D eigenvalue weighted by molar-refractivity contribution is 7.19. The van der Waals surface area contributed by atoms with E-state index in [4.69, 9.17) is 4.98 Å². The van der Waals surface area contributed by atoms with Crippen LogP contribution in [0.4, 0.5) is 0 Å². The highest BCUT2D eigenvalue weighted by atomic mass is 32.1. The number of nitrogens with zero attached hydrogens (tertiary/aromatic N) is 3. The Balaban J connectivity index is 1.27. The van der Waals surface area contributed by atoms with Gasteiger partial charge in [-0.15, -0.1) is 11.3 Å². The predicted molar refractivity (Wildman–Crippen MR) is 138 cm³/mol. The van der Waals surface area contributed by atoms with Gasteiger partial charge in [0.1, 0.15) is 10.7 Å². The fraction of sp³-hybridized carbons (Fsp3) is 0.519. The minimum Gasteiger partial charge on any atom is -0.342 e. The molecule has 2 aliphatic rings. The summed E-state index contributed by atoms with van der Waals surface area (Å²) in [5.41, 5.74) is 3.19. The normalized spacial score (nSPS) is 18.4. The molecule has 1 aromatic carbocycles. The van der Waals surface area contributed by atoms with E-state index in [-0.39, 0.29) is 11.5 Å². The average Bonchev–Trinajstić information content (AvgIpc) is 2.99. The Labute approximate surface area is 205 Å². The van der Waals surface area contributed by atoms with Crippen LogP contribution in [0.1, 0.15) is 54.8 Å². The highest BCUT2D eigenvalue weighted by Gasteiger charge is 2.29. The van der Waals surface area contributed by atoms with E-state index in [2.05, 4.69) is 52.9 Å². The summed E-state index contributed by atoms with van der Waals surface area (Å²) in [4.78, 5) is 40.3. The van der Waals surface area contributed by atoms with Gasteiger partial charge in [0.2, 0.25) is 5.91 Å². The van der Waals surface area contributed by atoms with Gasteiger partial charge in [-0.05, 0) is 58.2 Å². The molecule has 2 aliphatic heterocycles. The number of nitrogens with one attached hydrogen (secondary N) is 1. The number of carbonyl (C=O) groups is 1. The molecule has 0 unspecified atom stereocenters. The van der Waals surface area contributed by atoms with E-state index in [1.54, 1.807) is 11.3 Å². The Morgan fingerprint density at radius 2 is 1.71 bits per heavy atom. The van der Waals surface area contributed by atoms with Crippen LogP contribution in [0.2, 0.25) is 0 Å². The van der Waals surface area contributed by atoms with Gasteiger partial charge in [0, 0.05) is 29.4 Å². The lowest BCUT2D eigenvalue weighted by Gasteiger charge is -2.33. The molecule has 4 heterocycles. The number of amides is 1. The molecule has 0 radical (unpaired) electrons. The maximum absolute atomic E-state index is 13.1. The molecule has 0 atom stereocenters. The number of fused-ring (bicyclic) bond motifs is 1. The van der Waals surface area contributed by atoms with E-state index in [0.717, 1.165) is 72.7 Å². The Kier molecular flexibility index (Phi) is 6.84. The summed E-state index contributed by atoms with van der Waals surface area (Å²) in [6, 6.07) is 8.31. The molecule has 2 saturated heterocycles. The number of thiophene rings is 1. The first kappa shape index (κ1) is 23.2. The van der Waals surface area contributed by atoms with Crippen LogP contribution in [0, 0.1) is 19.8 Å². The van der Waals surface area contributed by atoms with Crippen molar-refractivity contribution < 1.29 is 4.79 Å². The van der Waals surface area contributed by atoms with Crippen molar-refractivity contribution in [2.24, 2.45) is 5.92 Å². The first-order valence-corrected chi connectivity index (χ1v) is 13.4. The van der Waals surface area contributed by atoms with Crippen LogP contribution in [-0.4, -0.2) is 51.9 Å². The van der Waals surface area contributed by atoms with E-state index < -0.39 is 0 Å². The smallest absolute Gasteiger partial charge is 0.260 e. The van der Waals surface area contributed by atoms with Crippen molar-refractivity contribution >= 4 is 27.5 Å². The fourth-order valence-electron chi connectivity index (χ4n) is 5.41. The molecule has 34 heavy (non-hydrogen) atoms. The summed E-state index contributed by atoms with van der Waals surface area (Å²) in [7, 11) is 0. The summed E-state index contributed by atoms with van der Waals surface area (Å²) in [5.74, 6) is 1.21. The molecule has 2 fully saturated rings. The van der Waals surface area contributed by atoms with Crippen LogP contribution in [0.15, 0.2) is 29.1 Å². The molecule has 3 aromatic rings. The molecule has 0 aliphatic carbocycles. The zero-order valence-corrected chi connectivity index (χ0v) is 21.0. The van der Waals surface area contributed by atoms with Gasteiger partial charge in [-0.1, -0.05) is 42.7 Å². The van der Waals surface area contributed by atoms with Crippen LogP contribution in [0.25, 0.3) is 21.3 Å². The van der Waals surface area contributed by atoms with Crippen LogP contribution in [0.5, 0.6) is 0 Å². The first-order valence-electron chi connectivity index (χ1n) is 12.6. The van der Waals surface area contributed by atoms with Crippen LogP contribution in [0.3, 0.4) is 0 Å². The van der Waals surface area contributed by atoms with E-state index >= 15 is 0 Å². The average molecular weight is 479 g/mol. The van der Waals surface area contributed by atoms with Gasteiger partial charge in [-0.2, -0.15) is 0 Å². The van der Waals surface area contributed by atoms with Gasteiger partial charge in [0.15, 0.2) is 0 Å². The molecule has 0 bridgehead atoms. The standard InChI is InChI=1S/C27H34N4O2S/c1-18-7-9-20(10-8-18)23-19(2)34-26-24(23)25(32)28-22(29-26)17-30-15-11-21(12-16-30)27(33)31-13-5-3-4-6-14-31/h7-10,21H,3-6,11-17H2,1-2H3,(H,28,29,32). The van der Waals surface area contributed by atoms with Crippen molar-refractivity contribution in [2.45, 2.75) is 58.9 Å². The van der Waals surface area contributed by atoms with Gasteiger partial charge < -0.3 is 9.88 Å². The minimum atomic E-state index is -0.0637. The highest BCUT2D eigenvalue weighted by Crippen LogP contribution is 2.35. The zero-order chi connectivity index (χ0) is 23.7. The maximum Gasteiger partial charge on any atom is 0.260 e. The number of aryl methyl sites for hydroxylation is 2. The predicted octanol–water partition coefficient (Wildman–Crippen LogP) is 4.88. The van der Waals surface area contributed by atoms with Gasteiger partial charge >= 0.3 is 0 Å². The van der Waals surface area contributed by atoms with Crippen LogP contribution in [-0.2, 0) is 11.3 Å². The Morgan fingerprint density at radius 3 is 2.38 bits per heavy atom. The van der Waals surface area contributed by atoms with E-state index in [9.17, 15) is 9.59 Å². The molecule has 6 nitrogen and oxygen atoms in total. The lowest BCUT2D eigenvalue weighted by atomic mass is 9.95. The van der Waals surface area contributed by atoms with Crippen molar-refractivity contribution in [3.05, 3.63) is 50.9 Å². The zero-order valence-electron chi connectivity index (χ0n) is 20.2. The summed E-state index contributed by atoms with van der Waals surface area (Å²) < 4.78 is 0. The summed E-state index contributed by atoms with van der Waals surface area (Å²) in [6.45, 7) is 8.33. The van der Waals surface area contributed by atoms with Crippen molar-refractivity contribution in [3.8, 4) is 11.1 Å². The summed E-state index contributed by atoms with van der Waals surface area (Å²) in [5, 5.41) is 0.692. The number of piperidine rings is 1. The number of aromatic nitrogens is 2. The molecule has 1 amide bonds. The van der Waals surface area contributed by atoms with Gasteiger partial charge in [0.05, 0.1) is 11.9 Å². The second kappa shape index (κ2) is 10.0. The maximum atomic E-state index is 13.1. The van der Waals surface area contributed by atoms with E-state index in [1.165, 1.54) is 18.4 Å². The number of H-pyrrole nitrogens is 1. The molecule has 5 rings (SSSR count). The largest absolute Gasteiger partial charge is 0.342 e. The SMILES string of the molecule is Cc1ccc(-c2c(C)sc3nc(CN4CCC(C(=O)N5CCCCCC5)CC4)[nH]c(=O)c23)cc1. The number of rotatable bonds is 4. The molecule has 1 N–H and O–H groups in total. The molecular formula is C27H34N4O2S. The summed E-state index contributed by atoms with van der Waals surface area (Å²) in [6.07, 6.45) is 6.54. The number of hydrogen-bond donors (Lipinski definition) is 1. The molecule has 7 heteroatoms. The lowest BCUT2D eigenvalue weighted by molar-refractivity contribution is -0.137. The molecule has 180 valence electrons. The Bertz CT molecular complexity index is 1210. The van der Waals surface area contributed by atoms with Crippen molar-refractivity contribution in [3.63, 3.8) is 0 Å². The van der Waals surface area contributed by atoms with Crippen LogP contribution >= 0.6 is 11.3 Å². The second-order valence-corrected chi connectivity index (χ2v) is 11.1. The minimum absolute atomic E-state index is 0.0637. The monoisotopic (exact) mass is 478 g/mol. The lowest BCUT2D eigenvalue weighted by Crippen LogP contribution is -2.43. The third kappa shape index (κ3) is 4.82. The van der Waals surface area contributed by atoms with Gasteiger partial charge in [-0.3, -0.25) is 14.5 Å². The number of carbonyl (C=O) groups excluding carboxylic acids is 1. The number of benzene rings is 1. The second-order valence-electron chi connectivity index (χ2n) is 9.88. The van der Waals surface area contributed by atoms with Crippen LogP contribution < -0.4 is 5.56 Å². The Hall–Kier alpha value is -2.51. The van der Waals surface area contributed by atoms with Crippen molar-refractivity contribution in [1.82, 2.24) is 19.8 Å². The molecule has 2 aromatic heterocycles. The number of aromatic amines is 1. The number of likely N-dealkylation sites (tertiary alicyclic amines) is 2. The molecular weight excluding hydrogens is 444 g/mol. The third-order valence-electron chi connectivity index (χ3n) is 7.36. The summed E-state index contributed by atoms with van der Waals surface area (Å²) >= 11 is 1.59. The third-order valence-corrected chi connectivity index (χ3v) is 8.35. The van der Waals surface area contributed by atoms with E-state index in [0.29, 0.717) is 23.7 Å². The fourth-order valence-corrected chi connectivity index (χ4v) is 6.47. The van der Waals surface area contributed by atoms with E-state index in [1.807, 2.05) is 0 Å². The molecule has 0 spiro atoms. The number of hydrogen-bond acceptors (Lipinski definition) is 5. The topological polar surface area (TPSA) is 69.3 Å². The first-order chi connectivity index (χ1) is 16.5. The van der Waals surface area contributed by atoms with Gasteiger partial charge in [-0.25, -0.2) is 4.98 Å². The van der Waals surface area contributed by atoms with Gasteiger partial charge in [0.25, 0.3) is 5.56 Å². The van der Waals surface area contributed by atoms with Crippen molar-refractivity contribution in [2.75, 3.05) is 26.2 Å². The Morgan fingerprint density at radius 1 is 1.03 bits per heavy atom. The quantitative estimate of drug-likeness (QED) is 0.580.